The number of rotatable bonds is 2. The molecule has 1 aliphatic carbocycles. The van der Waals surface area contributed by atoms with Gasteiger partial charge in [-0.3, -0.25) is 0 Å². The van der Waals surface area contributed by atoms with Gasteiger partial charge in [0, 0.05) is 35.9 Å². The van der Waals surface area contributed by atoms with Gasteiger partial charge in [0.25, 0.3) is 0 Å². The molecule has 0 amide bonds. The van der Waals surface area contributed by atoms with E-state index in [4.69, 9.17) is 16.3 Å². The molecule has 122 valence electrons. The lowest BCUT2D eigenvalue weighted by Crippen LogP contribution is -2.67. The van der Waals surface area contributed by atoms with E-state index < -0.39 is 5.82 Å². The van der Waals surface area contributed by atoms with E-state index in [0.717, 1.165) is 18.7 Å². The number of halogens is 2. The van der Waals surface area contributed by atoms with E-state index in [1.54, 1.807) is 6.07 Å². The van der Waals surface area contributed by atoms with E-state index in [-0.39, 0.29) is 11.3 Å². The molecule has 1 saturated heterocycles. The molecule has 1 heterocycles. The SMILES string of the molecule is COc1c(F)cc(N2CC(C)(C)N[C@H]3CCCC[C@@H]32)cc1Cl. The second-order valence-electron chi connectivity index (χ2n) is 7.06. The highest BCUT2D eigenvalue weighted by atomic mass is 35.5. The molecular weight excluding hydrogens is 303 g/mol. The van der Waals surface area contributed by atoms with Crippen molar-refractivity contribution in [2.45, 2.75) is 57.2 Å². The minimum absolute atomic E-state index is 0.00138. The standard InChI is InChI=1S/C17H24ClFN2O/c1-17(2)10-21(15-7-5-4-6-14(15)20-17)11-8-12(18)16(22-3)13(19)9-11/h8-9,14-15,20H,4-7,10H2,1-3H3/t14-,15-/m0/s1. The third-order valence-electron chi connectivity index (χ3n) is 4.79. The molecular formula is C17H24ClFN2O. The third-order valence-corrected chi connectivity index (χ3v) is 5.07. The average Bonchev–Trinajstić information content (AvgIpc) is 2.45. The van der Waals surface area contributed by atoms with Crippen LogP contribution >= 0.6 is 11.6 Å². The summed E-state index contributed by atoms with van der Waals surface area (Å²) in [4.78, 5) is 2.33. The first-order valence-corrected chi connectivity index (χ1v) is 8.36. The number of methoxy groups -OCH3 is 1. The fraction of sp³-hybridized carbons (Fsp3) is 0.647. The highest BCUT2D eigenvalue weighted by Gasteiger charge is 2.40. The summed E-state index contributed by atoms with van der Waals surface area (Å²) in [5.74, 6) is -0.270. The zero-order valence-corrected chi connectivity index (χ0v) is 14.2. The molecule has 0 bridgehead atoms. The third kappa shape index (κ3) is 2.91. The smallest absolute Gasteiger partial charge is 0.173 e. The summed E-state index contributed by atoms with van der Waals surface area (Å²) in [6.45, 7) is 5.24. The summed E-state index contributed by atoms with van der Waals surface area (Å²) in [5.41, 5.74) is 0.858. The average molecular weight is 327 g/mol. The number of ether oxygens (including phenoxy) is 1. The molecule has 2 atom stereocenters. The molecule has 1 aromatic carbocycles. The van der Waals surface area contributed by atoms with Gasteiger partial charge in [0.15, 0.2) is 11.6 Å². The lowest BCUT2D eigenvalue weighted by molar-refractivity contribution is 0.199. The quantitative estimate of drug-likeness (QED) is 0.889. The first kappa shape index (κ1) is 15.9. The predicted octanol–water partition coefficient (Wildman–Crippen LogP) is 3.99. The van der Waals surface area contributed by atoms with Crippen LogP contribution in [-0.4, -0.2) is 31.3 Å². The highest BCUT2D eigenvalue weighted by Crippen LogP contribution is 2.38. The van der Waals surface area contributed by atoms with Crippen LogP contribution in [0.1, 0.15) is 39.5 Å². The van der Waals surface area contributed by atoms with Crippen molar-refractivity contribution in [2.24, 2.45) is 0 Å². The van der Waals surface area contributed by atoms with Crippen LogP contribution in [-0.2, 0) is 0 Å². The Hall–Kier alpha value is -1.00. The van der Waals surface area contributed by atoms with Crippen LogP contribution in [0.5, 0.6) is 5.75 Å². The molecule has 3 nitrogen and oxygen atoms in total. The molecule has 2 fully saturated rings. The molecule has 1 aliphatic heterocycles. The largest absolute Gasteiger partial charge is 0.492 e. The van der Waals surface area contributed by atoms with E-state index in [1.807, 2.05) is 6.07 Å². The molecule has 1 N–H and O–H groups in total. The van der Waals surface area contributed by atoms with E-state index in [1.165, 1.54) is 26.4 Å². The van der Waals surface area contributed by atoms with Crippen molar-refractivity contribution in [2.75, 3.05) is 18.6 Å². The lowest BCUT2D eigenvalue weighted by atomic mass is 9.83. The van der Waals surface area contributed by atoms with E-state index >= 15 is 0 Å². The number of fused-ring (bicyclic) bond motifs is 1. The van der Waals surface area contributed by atoms with Crippen molar-refractivity contribution < 1.29 is 9.13 Å². The van der Waals surface area contributed by atoms with Crippen LogP contribution in [0.3, 0.4) is 0 Å². The van der Waals surface area contributed by atoms with Crippen LogP contribution in [0.15, 0.2) is 12.1 Å². The van der Waals surface area contributed by atoms with Crippen molar-refractivity contribution in [1.29, 1.82) is 0 Å². The maximum Gasteiger partial charge on any atom is 0.173 e. The monoisotopic (exact) mass is 326 g/mol. The van der Waals surface area contributed by atoms with Crippen molar-refractivity contribution in [3.63, 3.8) is 0 Å². The maximum absolute atomic E-state index is 14.2. The van der Waals surface area contributed by atoms with Gasteiger partial charge in [0.05, 0.1) is 12.1 Å². The number of hydrogen-bond acceptors (Lipinski definition) is 3. The normalized spacial score (nSPS) is 27.4. The van der Waals surface area contributed by atoms with Gasteiger partial charge in [-0.05, 0) is 32.8 Å². The number of hydrogen-bond donors (Lipinski definition) is 1. The first-order valence-electron chi connectivity index (χ1n) is 7.99. The Kier molecular flexibility index (Phi) is 4.25. The molecule has 0 aromatic heterocycles. The molecule has 3 rings (SSSR count). The van der Waals surface area contributed by atoms with Crippen molar-refractivity contribution in [3.05, 3.63) is 23.0 Å². The summed E-state index contributed by atoms with van der Waals surface area (Å²) in [5, 5.41) is 4.09. The van der Waals surface area contributed by atoms with Crippen molar-refractivity contribution in [3.8, 4) is 5.75 Å². The Morgan fingerprint density at radius 3 is 2.73 bits per heavy atom. The molecule has 0 radical (unpaired) electrons. The van der Waals surface area contributed by atoms with Gasteiger partial charge in [-0.15, -0.1) is 0 Å². The van der Waals surface area contributed by atoms with Gasteiger partial charge in [-0.1, -0.05) is 24.4 Å². The Labute approximate surface area is 136 Å². The molecule has 0 spiro atoms. The van der Waals surface area contributed by atoms with Crippen molar-refractivity contribution >= 4 is 17.3 Å². The number of nitrogens with one attached hydrogen (secondary N) is 1. The van der Waals surface area contributed by atoms with E-state index in [0.29, 0.717) is 17.1 Å². The Bertz CT molecular complexity index is 541. The summed E-state index contributed by atoms with van der Waals surface area (Å²) >= 11 is 6.19. The molecule has 5 heteroatoms. The molecule has 2 aliphatic rings. The van der Waals surface area contributed by atoms with Gasteiger partial charge in [0.2, 0.25) is 0 Å². The van der Waals surface area contributed by atoms with Crippen LogP contribution in [0, 0.1) is 5.82 Å². The molecule has 1 aromatic rings. The number of piperazine rings is 1. The molecule has 0 unspecified atom stereocenters. The highest BCUT2D eigenvalue weighted by molar-refractivity contribution is 6.32. The summed E-state index contributed by atoms with van der Waals surface area (Å²) in [7, 11) is 1.44. The number of nitrogens with zero attached hydrogens (tertiary/aromatic N) is 1. The Balaban J connectivity index is 1.97. The van der Waals surface area contributed by atoms with Gasteiger partial charge in [0.1, 0.15) is 0 Å². The minimum Gasteiger partial charge on any atom is -0.492 e. The van der Waals surface area contributed by atoms with Gasteiger partial charge in [-0.2, -0.15) is 0 Å². The zero-order valence-electron chi connectivity index (χ0n) is 13.5. The van der Waals surface area contributed by atoms with Crippen molar-refractivity contribution in [1.82, 2.24) is 5.32 Å². The topological polar surface area (TPSA) is 24.5 Å². The summed E-state index contributed by atoms with van der Waals surface area (Å²) in [6.07, 6.45) is 4.80. The van der Waals surface area contributed by atoms with E-state index in [2.05, 4.69) is 24.1 Å². The molecule has 22 heavy (non-hydrogen) atoms. The molecule has 1 saturated carbocycles. The Morgan fingerprint density at radius 1 is 1.32 bits per heavy atom. The van der Waals surface area contributed by atoms with Crippen LogP contribution in [0.25, 0.3) is 0 Å². The fourth-order valence-electron chi connectivity index (χ4n) is 3.93. The lowest BCUT2D eigenvalue weighted by Gasteiger charge is -2.52. The second-order valence-corrected chi connectivity index (χ2v) is 7.46. The number of benzene rings is 1. The van der Waals surface area contributed by atoms with Crippen LogP contribution in [0.4, 0.5) is 10.1 Å². The maximum atomic E-state index is 14.2. The number of anilines is 1. The zero-order chi connectivity index (χ0) is 15.9. The fourth-order valence-corrected chi connectivity index (χ4v) is 4.21. The van der Waals surface area contributed by atoms with Gasteiger partial charge < -0.3 is 15.0 Å². The van der Waals surface area contributed by atoms with Gasteiger partial charge >= 0.3 is 0 Å². The van der Waals surface area contributed by atoms with Crippen LogP contribution < -0.4 is 15.0 Å². The van der Waals surface area contributed by atoms with E-state index in [9.17, 15) is 4.39 Å². The van der Waals surface area contributed by atoms with Crippen LogP contribution in [0.2, 0.25) is 5.02 Å². The van der Waals surface area contributed by atoms with Gasteiger partial charge in [-0.25, -0.2) is 4.39 Å². The second kappa shape index (κ2) is 5.89. The minimum atomic E-state index is -0.395. The summed E-state index contributed by atoms with van der Waals surface area (Å²) < 4.78 is 19.3. The Morgan fingerprint density at radius 2 is 2.05 bits per heavy atom. The summed E-state index contributed by atoms with van der Waals surface area (Å²) in [6, 6.07) is 4.25. The first-order chi connectivity index (χ1) is 10.4. The predicted molar refractivity (Wildman–Crippen MR) is 88.6 cm³/mol.